The van der Waals surface area contributed by atoms with Gasteiger partial charge in [0.2, 0.25) is 0 Å². The molecule has 0 fully saturated rings. The minimum Gasteiger partial charge on any atom is -0.305 e. The first-order chi connectivity index (χ1) is 15.5. The first-order valence-corrected chi connectivity index (χ1v) is 10.4. The van der Waals surface area contributed by atoms with Gasteiger partial charge in [0.15, 0.2) is 0 Å². The van der Waals surface area contributed by atoms with Crippen LogP contribution in [0.5, 0.6) is 0 Å². The second kappa shape index (κ2) is 9.16. The van der Waals surface area contributed by atoms with Crippen molar-refractivity contribution in [2.45, 2.75) is 25.8 Å². The van der Waals surface area contributed by atoms with E-state index in [0.29, 0.717) is 23.1 Å². The lowest BCUT2D eigenvalue weighted by Gasteiger charge is -2.36. The van der Waals surface area contributed by atoms with Crippen LogP contribution in [0.2, 0.25) is 0 Å². The first-order valence-electron chi connectivity index (χ1n) is 10.4. The fraction of sp³-hybridized carbons (Fsp3) is 0.154. The number of amides is 2. The van der Waals surface area contributed by atoms with E-state index in [4.69, 9.17) is 5.21 Å². The topological polar surface area (TPSA) is 69.6 Å². The predicted molar refractivity (Wildman–Crippen MR) is 122 cm³/mol. The van der Waals surface area contributed by atoms with Crippen LogP contribution in [-0.2, 0) is 11.2 Å². The highest BCUT2D eigenvalue weighted by Gasteiger charge is 2.31. The summed E-state index contributed by atoms with van der Waals surface area (Å²) in [5, 5.41) is 8.93. The van der Waals surface area contributed by atoms with Crippen LogP contribution in [-0.4, -0.2) is 23.1 Å². The van der Waals surface area contributed by atoms with Crippen molar-refractivity contribution >= 4 is 29.2 Å². The number of hydrogen-bond acceptors (Lipinski definition) is 3. The first kappa shape index (κ1) is 21.5. The van der Waals surface area contributed by atoms with Crippen molar-refractivity contribution in [1.29, 1.82) is 0 Å². The average molecular weight is 430 g/mol. The van der Waals surface area contributed by atoms with E-state index in [9.17, 15) is 14.0 Å². The highest BCUT2D eigenvalue weighted by Crippen LogP contribution is 2.34. The summed E-state index contributed by atoms with van der Waals surface area (Å²) in [6, 6.07) is 20.4. The highest BCUT2D eigenvalue weighted by molar-refractivity contribution is 6.30. The molecule has 32 heavy (non-hydrogen) atoms. The summed E-state index contributed by atoms with van der Waals surface area (Å²) in [5.41, 5.74) is 5.49. The Labute approximate surface area is 185 Å². The zero-order chi connectivity index (χ0) is 22.7. The van der Waals surface area contributed by atoms with Crippen LogP contribution in [0, 0.1) is 5.82 Å². The van der Waals surface area contributed by atoms with Crippen LogP contribution in [0.4, 0.5) is 10.1 Å². The van der Waals surface area contributed by atoms with Gasteiger partial charge in [0.25, 0.3) is 11.8 Å². The molecule has 162 valence electrons. The Morgan fingerprint density at radius 3 is 2.41 bits per heavy atom. The van der Waals surface area contributed by atoms with Crippen LogP contribution in [0.1, 0.15) is 40.4 Å². The van der Waals surface area contributed by atoms with E-state index in [1.54, 1.807) is 40.7 Å². The van der Waals surface area contributed by atoms with Crippen LogP contribution >= 0.6 is 0 Å². The minimum atomic E-state index is -0.597. The van der Waals surface area contributed by atoms with Crippen molar-refractivity contribution in [2.24, 2.45) is 0 Å². The van der Waals surface area contributed by atoms with E-state index in [-0.39, 0.29) is 17.8 Å². The number of benzene rings is 3. The van der Waals surface area contributed by atoms with E-state index in [2.05, 4.69) is 0 Å². The maximum absolute atomic E-state index is 13.9. The van der Waals surface area contributed by atoms with E-state index in [1.165, 1.54) is 12.1 Å². The summed E-state index contributed by atoms with van der Waals surface area (Å²) >= 11 is 0. The lowest BCUT2D eigenvalue weighted by Crippen LogP contribution is -2.42. The summed E-state index contributed by atoms with van der Waals surface area (Å²) in [6.45, 7) is 1.99. The van der Waals surface area contributed by atoms with Gasteiger partial charge < -0.3 is 4.90 Å². The Morgan fingerprint density at radius 1 is 1.03 bits per heavy atom. The average Bonchev–Trinajstić information content (AvgIpc) is 2.82. The molecule has 3 aromatic carbocycles. The van der Waals surface area contributed by atoms with Crippen molar-refractivity contribution in [2.75, 3.05) is 4.90 Å². The van der Waals surface area contributed by atoms with Crippen LogP contribution < -0.4 is 10.4 Å². The van der Waals surface area contributed by atoms with Gasteiger partial charge in [0.1, 0.15) is 5.82 Å². The van der Waals surface area contributed by atoms with Crippen LogP contribution in [0.15, 0.2) is 72.8 Å². The Kier molecular flexibility index (Phi) is 6.14. The third kappa shape index (κ3) is 4.31. The van der Waals surface area contributed by atoms with Gasteiger partial charge in [-0.15, -0.1) is 0 Å². The van der Waals surface area contributed by atoms with Crippen LogP contribution in [0.25, 0.3) is 11.6 Å². The molecule has 2 amide bonds. The summed E-state index contributed by atoms with van der Waals surface area (Å²) in [6.07, 6.45) is 3.25. The normalized spacial score (nSPS) is 15.8. The number of halogens is 1. The smallest absolute Gasteiger partial charge is 0.274 e. The SMILES string of the molecule is CC1CCc2cc(C(=O)NO)ccc2N1C(=O)/C(=C\c1ccccc1)c1ccc(F)cc1. The lowest BCUT2D eigenvalue weighted by atomic mass is 9.92. The molecule has 5 nitrogen and oxygen atoms in total. The van der Waals surface area contributed by atoms with Crippen molar-refractivity contribution in [3.63, 3.8) is 0 Å². The van der Waals surface area contributed by atoms with Gasteiger partial charge in [0.05, 0.1) is 0 Å². The molecule has 0 aliphatic carbocycles. The van der Waals surface area contributed by atoms with Gasteiger partial charge in [-0.2, -0.15) is 0 Å². The second-order valence-corrected chi connectivity index (χ2v) is 7.82. The van der Waals surface area contributed by atoms with Gasteiger partial charge in [0, 0.05) is 22.9 Å². The minimum absolute atomic E-state index is 0.0628. The molecule has 0 radical (unpaired) electrons. The molecule has 1 aliphatic heterocycles. The van der Waals surface area contributed by atoms with Gasteiger partial charge >= 0.3 is 0 Å². The van der Waals surface area contributed by atoms with Crippen molar-refractivity contribution in [3.8, 4) is 0 Å². The van der Waals surface area contributed by atoms with Crippen molar-refractivity contribution < 1.29 is 19.2 Å². The third-order valence-electron chi connectivity index (χ3n) is 5.69. The molecule has 0 bridgehead atoms. The molecule has 6 heteroatoms. The molecule has 0 spiro atoms. The molecule has 2 N–H and O–H groups in total. The van der Waals surface area contributed by atoms with Gasteiger partial charge in [-0.25, -0.2) is 9.87 Å². The maximum Gasteiger partial charge on any atom is 0.274 e. The molecule has 0 saturated carbocycles. The molecule has 0 aromatic heterocycles. The number of rotatable bonds is 4. The maximum atomic E-state index is 13.9. The van der Waals surface area contributed by atoms with Gasteiger partial charge in [-0.1, -0.05) is 42.5 Å². The zero-order valence-electron chi connectivity index (χ0n) is 17.6. The molecule has 4 rings (SSSR count). The fourth-order valence-electron chi connectivity index (χ4n) is 4.01. The third-order valence-corrected chi connectivity index (χ3v) is 5.69. The van der Waals surface area contributed by atoms with E-state index in [0.717, 1.165) is 23.2 Å². The van der Waals surface area contributed by atoms with Crippen LogP contribution in [0.3, 0.4) is 0 Å². The predicted octanol–water partition coefficient (Wildman–Crippen LogP) is 4.85. The lowest BCUT2D eigenvalue weighted by molar-refractivity contribution is -0.113. The molecular formula is C26H23FN2O3. The quantitative estimate of drug-likeness (QED) is 0.269. The number of carbonyl (C=O) groups excluding carboxylic acids is 2. The van der Waals surface area contributed by atoms with Crippen molar-refractivity contribution in [1.82, 2.24) is 5.48 Å². The Hall–Kier alpha value is -3.77. The number of nitrogens with one attached hydrogen (secondary N) is 1. The summed E-state index contributed by atoms with van der Waals surface area (Å²) in [7, 11) is 0. The number of anilines is 1. The Balaban J connectivity index is 1.79. The van der Waals surface area contributed by atoms with Crippen molar-refractivity contribution in [3.05, 3.63) is 101 Å². The summed E-state index contributed by atoms with van der Waals surface area (Å²) in [4.78, 5) is 27.4. The standard InChI is InChI=1S/C26H23FN2O3/c1-17-7-8-20-16-21(25(30)28-32)11-14-24(20)29(17)26(31)23(15-18-5-3-2-4-6-18)19-9-12-22(27)13-10-19/h2-6,9-17,32H,7-8H2,1H3,(H,28,30)/b23-15-. The molecule has 0 saturated heterocycles. The number of hydroxylamine groups is 1. The Morgan fingerprint density at radius 2 is 1.72 bits per heavy atom. The molecular weight excluding hydrogens is 407 g/mol. The fourth-order valence-corrected chi connectivity index (χ4v) is 4.01. The Bertz CT molecular complexity index is 1170. The van der Waals surface area contributed by atoms with Gasteiger partial charge in [-0.05, 0) is 72.9 Å². The molecule has 1 atom stereocenters. The monoisotopic (exact) mass is 430 g/mol. The number of fused-ring (bicyclic) bond motifs is 1. The van der Waals surface area contributed by atoms with Gasteiger partial charge in [-0.3, -0.25) is 14.8 Å². The summed E-state index contributed by atoms with van der Waals surface area (Å²) in [5.74, 6) is -1.17. The van der Waals surface area contributed by atoms with E-state index in [1.807, 2.05) is 43.3 Å². The molecule has 3 aromatic rings. The number of aryl methyl sites for hydroxylation is 1. The molecule has 1 unspecified atom stereocenters. The van der Waals surface area contributed by atoms with E-state index >= 15 is 0 Å². The van der Waals surface area contributed by atoms with E-state index < -0.39 is 5.91 Å². The number of carbonyl (C=O) groups is 2. The number of nitrogens with zero attached hydrogens (tertiary/aromatic N) is 1. The highest BCUT2D eigenvalue weighted by atomic mass is 19.1. The largest absolute Gasteiger partial charge is 0.305 e. The summed E-state index contributed by atoms with van der Waals surface area (Å²) < 4.78 is 13.6. The molecule has 1 aliphatic rings. The second-order valence-electron chi connectivity index (χ2n) is 7.82. The zero-order valence-corrected chi connectivity index (χ0v) is 17.6. The number of hydrogen-bond donors (Lipinski definition) is 2. The molecule has 1 heterocycles.